The van der Waals surface area contributed by atoms with E-state index in [-0.39, 0.29) is 18.1 Å². The van der Waals surface area contributed by atoms with Gasteiger partial charge in [0, 0.05) is 4.90 Å². The SMILES string of the molecule is O=S([O-])c1cc(Br)c(OCCO)c(Br)c1. The zero-order valence-electron chi connectivity index (χ0n) is 7.41. The second-order valence-corrected chi connectivity index (χ2v) is 5.17. The van der Waals surface area contributed by atoms with E-state index in [4.69, 9.17) is 9.84 Å². The normalized spacial score (nSPS) is 12.5. The van der Waals surface area contributed by atoms with Crippen molar-refractivity contribution in [3.63, 3.8) is 0 Å². The van der Waals surface area contributed by atoms with Crippen LogP contribution in [0.25, 0.3) is 0 Å². The molecule has 84 valence electrons. The van der Waals surface area contributed by atoms with Crippen LogP contribution in [0, 0.1) is 0 Å². The third kappa shape index (κ3) is 3.53. The molecule has 0 heterocycles. The minimum Gasteiger partial charge on any atom is -0.768 e. The van der Waals surface area contributed by atoms with Gasteiger partial charge in [0.15, 0.2) is 0 Å². The van der Waals surface area contributed by atoms with Crippen LogP contribution >= 0.6 is 31.9 Å². The van der Waals surface area contributed by atoms with E-state index in [1.807, 2.05) is 0 Å². The van der Waals surface area contributed by atoms with Crippen LogP contribution in [0.4, 0.5) is 0 Å². The molecule has 0 saturated carbocycles. The highest BCUT2D eigenvalue weighted by molar-refractivity contribution is 9.11. The molecule has 0 spiro atoms. The fourth-order valence-electron chi connectivity index (χ4n) is 0.918. The molecule has 4 nitrogen and oxygen atoms in total. The largest absolute Gasteiger partial charge is 0.768 e. The lowest BCUT2D eigenvalue weighted by Crippen LogP contribution is -2.03. The van der Waals surface area contributed by atoms with Crippen molar-refractivity contribution in [2.45, 2.75) is 4.90 Å². The molecular weight excluding hydrogens is 352 g/mol. The molecule has 1 aromatic carbocycles. The first-order chi connectivity index (χ1) is 7.06. The van der Waals surface area contributed by atoms with Gasteiger partial charge < -0.3 is 14.4 Å². The van der Waals surface area contributed by atoms with E-state index in [0.29, 0.717) is 14.7 Å². The average Bonchev–Trinajstić information content (AvgIpc) is 2.16. The molecule has 0 aliphatic carbocycles. The topological polar surface area (TPSA) is 69.6 Å². The fourth-order valence-corrected chi connectivity index (χ4v) is 3.07. The van der Waals surface area contributed by atoms with Gasteiger partial charge in [-0.3, -0.25) is 4.21 Å². The number of aliphatic hydroxyl groups is 1. The van der Waals surface area contributed by atoms with Crippen LogP contribution in [0.1, 0.15) is 0 Å². The van der Waals surface area contributed by atoms with Gasteiger partial charge in [-0.25, -0.2) is 0 Å². The third-order valence-corrected chi connectivity index (χ3v) is 3.30. The van der Waals surface area contributed by atoms with E-state index in [0.717, 1.165) is 0 Å². The summed E-state index contributed by atoms with van der Waals surface area (Å²) in [5.41, 5.74) is 0. The Morgan fingerprint density at radius 1 is 1.40 bits per heavy atom. The fraction of sp³-hybridized carbons (Fsp3) is 0.250. The Labute approximate surface area is 106 Å². The van der Waals surface area contributed by atoms with Gasteiger partial charge in [-0.15, -0.1) is 0 Å². The van der Waals surface area contributed by atoms with Crippen LogP contribution in [0.15, 0.2) is 26.0 Å². The number of ether oxygens (including phenoxy) is 1. The number of rotatable bonds is 4. The second-order valence-electron chi connectivity index (χ2n) is 2.52. The Balaban J connectivity index is 3.04. The molecule has 0 fully saturated rings. The van der Waals surface area contributed by atoms with Crippen molar-refractivity contribution in [1.82, 2.24) is 0 Å². The van der Waals surface area contributed by atoms with E-state index in [2.05, 4.69) is 31.9 Å². The summed E-state index contributed by atoms with van der Waals surface area (Å²) in [7, 11) is 0. The van der Waals surface area contributed by atoms with Crippen LogP contribution in [0.2, 0.25) is 0 Å². The summed E-state index contributed by atoms with van der Waals surface area (Å²) < 4.78 is 27.7. The van der Waals surface area contributed by atoms with E-state index in [1.165, 1.54) is 12.1 Å². The van der Waals surface area contributed by atoms with Gasteiger partial charge in [0.05, 0.1) is 15.6 Å². The summed E-state index contributed by atoms with van der Waals surface area (Å²) in [5, 5.41) is 8.60. The van der Waals surface area contributed by atoms with E-state index in [9.17, 15) is 8.76 Å². The summed E-state index contributed by atoms with van der Waals surface area (Å²) in [6, 6.07) is 2.86. The first kappa shape index (κ1) is 13.1. The third-order valence-electron chi connectivity index (χ3n) is 1.50. The molecular formula is C8H7Br2O4S-. The van der Waals surface area contributed by atoms with Crippen molar-refractivity contribution in [1.29, 1.82) is 0 Å². The zero-order chi connectivity index (χ0) is 11.4. The van der Waals surface area contributed by atoms with Crippen molar-refractivity contribution in [2.24, 2.45) is 0 Å². The molecule has 15 heavy (non-hydrogen) atoms. The number of aliphatic hydroxyl groups excluding tert-OH is 1. The van der Waals surface area contributed by atoms with E-state index < -0.39 is 11.1 Å². The van der Waals surface area contributed by atoms with E-state index in [1.54, 1.807) is 0 Å². The standard InChI is InChI=1S/C8H8Br2O4S/c9-6-3-5(15(12)13)4-7(10)8(6)14-2-1-11/h3-4,11H,1-2H2,(H,12,13)/p-1. The Morgan fingerprint density at radius 3 is 2.33 bits per heavy atom. The quantitative estimate of drug-likeness (QED) is 0.833. The van der Waals surface area contributed by atoms with Gasteiger partial charge >= 0.3 is 0 Å². The first-order valence-electron chi connectivity index (χ1n) is 3.88. The first-order valence-corrected chi connectivity index (χ1v) is 6.54. The highest BCUT2D eigenvalue weighted by atomic mass is 79.9. The molecule has 1 unspecified atom stereocenters. The van der Waals surface area contributed by atoms with Crippen molar-refractivity contribution >= 4 is 42.9 Å². The Bertz CT molecular complexity index is 360. The zero-order valence-corrected chi connectivity index (χ0v) is 11.4. The maximum Gasteiger partial charge on any atom is 0.147 e. The predicted molar refractivity (Wildman–Crippen MR) is 61.6 cm³/mol. The summed E-state index contributed by atoms with van der Waals surface area (Å²) in [6.45, 7) is 0.0468. The Kier molecular flexibility index (Phi) is 5.20. The summed E-state index contributed by atoms with van der Waals surface area (Å²) >= 11 is 4.09. The molecule has 0 aliphatic heterocycles. The molecule has 0 bridgehead atoms. The number of hydrogen-bond donors (Lipinski definition) is 1. The number of hydrogen-bond acceptors (Lipinski definition) is 4. The Morgan fingerprint density at radius 2 is 1.93 bits per heavy atom. The smallest absolute Gasteiger partial charge is 0.147 e. The van der Waals surface area contributed by atoms with Gasteiger partial charge in [-0.1, -0.05) is 0 Å². The lowest BCUT2D eigenvalue weighted by Gasteiger charge is -2.12. The van der Waals surface area contributed by atoms with Gasteiger partial charge in [0.25, 0.3) is 0 Å². The molecule has 0 saturated heterocycles. The monoisotopic (exact) mass is 357 g/mol. The maximum absolute atomic E-state index is 10.7. The lowest BCUT2D eigenvalue weighted by atomic mass is 10.3. The Hall–Kier alpha value is 0.0500. The number of benzene rings is 1. The van der Waals surface area contributed by atoms with Crippen LogP contribution in [0.3, 0.4) is 0 Å². The molecule has 1 N–H and O–H groups in total. The highest BCUT2D eigenvalue weighted by Crippen LogP contribution is 2.35. The van der Waals surface area contributed by atoms with Crippen LogP contribution in [-0.2, 0) is 11.1 Å². The van der Waals surface area contributed by atoms with E-state index >= 15 is 0 Å². The minimum atomic E-state index is -2.28. The van der Waals surface area contributed by atoms with Gasteiger partial charge in [0.2, 0.25) is 0 Å². The molecule has 0 amide bonds. The summed E-state index contributed by atoms with van der Waals surface area (Å²) in [5.74, 6) is 0.471. The lowest BCUT2D eigenvalue weighted by molar-refractivity contribution is 0.200. The molecule has 0 aromatic heterocycles. The van der Waals surface area contributed by atoms with Crippen LogP contribution in [0.5, 0.6) is 5.75 Å². The van der Waals surface area contributed by atoms with Crippen LogP contribution in [-0.4, -0.2) is 27.1 Å². The van der Waals surface area contributed by atoms with Gasteiger partial charge in [-0.2, -0.15) is 0 Å². The number of halogens is 2. The maximum atomic E-state index is 10.7. The van der Waals surface area contributed by atoms with Gasteiger partial charge in [0.1, 0.15) is 12.4 Å². The molecule has 1 atom stereocenters. The van der Waals surface area contributed by atoms with Crippen molar-refractivity contribution in [3.8, 4) is 5.75 Å². The molecule has 7 heteroatoms. The minimum absolute atomic E-state index is 0.103. The van der Waals surface area contributed by atoms with Crippen molar-refractivity contribution < 1.29 is 18.6 Å². The average molecular weight is 359 g/mol. The molecule has 0 aliphatic rings. The van der Waals surface area contributed by atoms with Crippen molar-refractivity contribution in [2.75, 3.05) is 13.2 Å². The van der Waals surface area contributed by atoms with Gasteiger partial charge in [-0.05, 0) is 55.1 Å². The molecule has 1 rings (SSSR count). The summed E-state index contributed by atoms with van der Waals surface area (Å²) in [6.07, 6.45) is 0. The predicted octanol–water partition coefficient (Wildman–Crippen LogP) is 1.82. The molecule has 0 radical (unpaired) electrons. The second kappa shape index (κ2) is 5.95. The molecule has 1 aromatic rings. The van der Waals surface area contributed by atoms with Crippen LogP contribution < -0.4 is 4.74 Å². The van der Waals surface area contributed by atoms with Crippen molar-refractivity contribution in [3.05, 3.63) is 21.1 Å². The highest BCUT2D eigenvalue weighted by Gasteiger charge is 2.09. The summed E-state index contributed by atoms with van der Waals surface area (Å²) in [4.78, 5) is 0.157.